The lowest BCUT2D eigenvalue weighted by atomic mass is 10.2. The molecule has 1 aliphatic heterocycles. The molecule has 0 amide bonds. The fourth-order valence-electron chi connectivity index (χ4n) is 2.05. The smallest absolute Gasteiger partial charge is 0.349 e. The molecule has 1 aliphatic rings. The summed E-state index contributed by atoms with van der Waals surface area (Å²) in [5, 5.41) is 5.17. The van der Waals surface area contributed by atoms with Crippen molar-refractivity contribution in [3.63, 3.8) is 0 Å². The van der Waals surface area contributed by atoms with Crippen LogP contribution in [0.4, 0.5) is 5.82 Å². The Morgan fingerprint density at radius 2 is 2.31 bits per heavy atom. The first-order valence-electron chi connectivity index (χ1n) is 5.11. The minimum atomic E-state index is -0.176. The molecule has 5 heteroatoms. The Hall–Kier alpha value is -1.36. The van der Waals surface area contributed by atoms with Crippen molar-refractivity contribution in [3.05, 3.63) is 34.7 Å². The summed E-state index contributed by atoms with van der Waals surface area (Å²) in [6.45, 7) is 0.678. The molecule has 3 rings (SSSR count). The van der Waals surface area contributed by atoms with E-state index in [-0.39, 0.29) is 11.7 Å². The molecule has 82 valence electrons. The van der Waals surface area contributed by atoms with E-state index >= 15 is 0 Å². The molecule has 0 saturated heterocycles. The second-order valence-corrected chi connectivity index (χ2v) is 4.51. The first kappa shape index (κ1) is 9.84. The number of alkyl halides is 1. The van der Waals surface area contributed by atoms with Gasteiger partial charge in [0.05, 0.1) is 18.1 Å². The third-order valence-corrected chi connectivity index (χ3v) is 3.59. The average Bonchev–Trinajstić information content (AvgIpc) is 2.74. The molecule has 1 atom stereocenters. The summed E-state index contributed by atoms with van der Waals surface area (Å²) in [5.74, 6) is 0.889. The van der Waals surface area contributed by atoms with Crippen molar-refractivity contribution in [2.45, 2.75) is 12.6 Å². The van der Waals surface area contributed by atoms with Crippen molar-refractivity contribution in [3.8, 4) is 0 Å². The van der Waals surface area contributed by atoms with Crippen molar-refractivity contribution < 1.29 is 0 Å². The molecular weight excluding hydrogens is 270 g/mol. The molecular formula is C11H10BrN3O. The number of nitrogens with zero attached hydrogens (tertiary/aromatic N) is 2. The predicted octanol–water partition coefficient (Wildman–Crippen LogP) is 1.59. The molecule has 0 saturated carbocycles. The van der Waals surface area contributed by atoms with Gasteiger partial charge in [0.1, 0.15) is 5.82 Å². The summed E-state index contributed by atoms with van der Waals surface area (Å²) >= 11 is 3.43. The molecule has 0 fully saturated rings. The Kier molecular flexibility index (Phi) is 2.21. The van der Waals surface area contributed by atoms with E-state index in [1.165, 1.54) is 0 Å². The summed E-state index contributed by atoms with van der Waals surface area (Å²) in [6.07, 6.45) is 0. The van der Waals surface area contributed by atoms with E-state index < -0.39 is 0 Å². The summed E-state index contributed by atoms with van der Waals surface area (Å²) in [5.41, 5.74) is 0.575. The highest BCUT2D eigenvalue weighted by Gasteiger charge is 2.22. The summed E-state index contributed by atoms with van der Waals surface area (Å²) < 4.78 is 1.70. The average molecular weight is 280 g/mol. The van der Waals surface area contributed by atoms with Gasteiger partial charge < -0.3 is 5.32 Å². The zero-order valence-electron chi connectivity index (χ0n) is 8.48. The fourth-order valence-corrected chi connectivity index (χ4v) is 2.41. The van der Waals surface area contributed by atoms with Gasteiger partial charge >= 0.3 is 5.69 Å². The summed E-state index contributed by atoms with van der Waals surface area (Å²) in [7, 11) is 0. The van der Waals surface area contributed by atoms with E-state index in [9.17, 15) is 4.79 Å². The first-order valence-corrected chi connectivity index (χ1v) is 6.24. The van der Waals surface area contributed by atoms with Crippen molar-refractivity contribution in [1.29, 1.82) is 0 Å². The minimum Gasteiger partial charge on any atom is -0.365 e. The van der Waals surface area contributed by atoms with Crippen molar-refractivity contribution in [2.24, 2.45) is 0 Å². The third kappa shape index (κ3) is 1.35. The number of hydrogen-bond donors (Lipinski definition) is 1. The standard InChI is InChI=1S/C11H10BrN3O/c12-5-7-6-15-10(13-7)8-3-1-2-4-9(8)14-11(15)16/h1-4,7,13H,5-6H2/t7-/m1/s1. The summed E-state index contributed by atoms with van der Waals surface area (Å²) in [6, 6.07) is 7.96. The number of anilines is 1. The maximum atomic E-state index is 11.8. The van der Waals surface area contributed by atoms with Crippen LogP contribution in [0.25, 0.3) is 10.9 Å². The first-order chi connectivity index (χ1) is 7.79. The maximum Gasteiger partial charge on any atom is 0.349 e. The molecule has 1 N–H and O–H groups in total. The fraction of sp³-hybridized carbons (Fsp3) is 0.273. The maximum absolute atomic E-state index is 11.8. The Morgan fingerprint density at radius 1 is 1.50 bits per heavy atom. The van der Waals surface area contributed by atoms with Crippen LogP contribution in [0.5, 0.6) is 0 Å². The van der Waals surface area contributed by atoms with Crippen LogP contribution < -0.4 is 11.0 Å². The lowest BCUT2D eigenvalue weighted by Crippen LogP contribution is -2.23. The highest BCUT2D eigenvalue weighted by Crippen LogP contribution is 2.25. The highest BCUT2D eigenvalue weighted by atomic mass is 79.9. The van der Waals surface area contributed by atoms with Crippen molar-refractivity contribution >= 4 is 32.7 Å². The topological polar surface area (TPSA) is 46.9 Å². The Morgan fingerprint density at radius 3 is 3.12 bits per heavy atom. The monoisotopic (exact) mass is 279 g/mol. The Bertz CT molecular complexity index is 608. The quantitative estimate of drug-likeness (QED) is 0.807. The molecule has 2 aromatic rings. The zero-order valence-corrected chi connectivity index (χ0v) is 10.1. The van der Waals surface area contributed by atoms with Crippen molar-refractivity contribution in [2.75, 3.05) is 10.6 Å². The van der Waals surface area contributed by atoms with E-state index in [0.717, 1.165) is 22.1 Å². The van der Waals surface area contributed by atoms with Crippen LogP contribution in [0.1, 0.15) is 0 Å². The number of hydrogen-bond acceptors (Lipinski definition) is 3. The van der Waals surface area contributed by atoms with E-state index in [4.69, 9.17) is 0 Å². The number of para-hydroxylation sites is 1. The number of halogens is 1. The van der Waals surface area contributed by atoms with Gasteiger partial charge in [-0.25, -0.2) is 4.79 Å². The van der Waals surface area contributed by atoms with Gasteiger partial charge in [0, 0.05) is 10.7 Å². The molecule has 2 heterocycles. The van der Waals surface area contributed by atoms with Gasteiger partial charge in [-0.1, -0.05) is 28.1 Å². The summed E-state index contributed by atoms with van der Waals surface area (Å²) in [4.78, 5) is 15.9. The van der Waals surface area contributed by atoms with Gasteiger partial charge in [0.15, 0.2) is 0 Å². The SMILES string of the molecule is O=c1nc2ccccc2c2n1C[C@@H](CBr)N2. The molecule has 0 unspecified atom stereocenters. The third-order valence-electron chi connectivity index (χ3n) is 2.81. The lowest BCUT2D eigenvalue weighted by molar-refractivity contribution is 0.672. The van der Waals surface area contributed by atoms with Gasteiger partial charge in [-0.05, 0) is 12.1 Å². The second-order valence-electron chi connectivity index (χ2n) is 3.87. The van der Waals surface area contributed by atoms with Crippen LogP contribution in [0.2, 0.25) is 0 Å². The van der Waals surface area contributed by atoms with E-state index in [0.29, 0.717) is 6.54 Å². The molecule has 0 radical (unpaired) electrons. The number of fused-ring (bicyclic) bond motifs is 3. The Balaban J connectivity index is 2.31. The second kappa shape index (κ2) is 3.59. The van der Waals surface area contributed by atoms with Gasteiger partial charge in [-0.2, -0.15) is 4.98 Å². The molecule has 1 aromatic carbocycles. The van der Waals surface area contributed by atoms with Gasteiger partial charge in [-0.3, -0.25) is 4.57 Å². The van der Waals surface area contributed by atoms with Gasteiger partial charge in [0.25, 0.3) is 0 Å². The van der Waals surface area contributed by atoms with Gasteiger partial charge in [-0.15, -0.1) is 0 Å². The van der Waals surface area contributed by atoms with E-state index in [1.807, 2.05) is 24.3 Å². The number of aromatic nitrogens is 2. The molecule has 0 aliphatic carbocycles. The van der Waals surface area contributed by atoms with Crippen LogP contribution in [0, 0.1) is 0 Å². The number of rotatable bonds is 1. The van der Waals surface area contributed by atoms with Crippen LogP contribution >= 0.6 is 15.9 Å². The molecule has 16 heavy (non-hydrogen) atoms. The van der Waals surface area contributed by atoms with Crippen LogP contribution in [0.3, 0.4) is 0 Å². The Labute approximate surface area is 100 Å². The van der Waals surface area contributed by atoms with Crippen LogP contribution in [-0.4, -0.2) is 20.9 Å². The van der Waals surface area contributed by atoms with E-state index in [1.54, 1.807) is 4.57 Å². The minimum absolute atomic E-state index is 0.176. The van der Waals surface area contributed by atoms with Crippen LogP contribution in [0.15, 0.2) is 29.1 Å². The molecule has 0 spiro atoms. The van der Waals surface area contributed by atoms with Crippen molar-refractivity contribution in [1.82, 2.24) is 9.55 Å². The zero-order chi connectivity index (χ0) is 11.1. The van der Waals surface area contributed by atoms with E-state index in [2.05, 4.69) is 26.2 Å². The van der Waals surface area contributed by atoms with Crippen LogP contribution in [-0.2, 0) is 6.54 Å². The number of benzene rings is 1. The number of nitrogens with one attached hydrogen (secondary N) is 1. The highest BCUT2D eigenvalue weighted by molar-refractivity contribution is 9.09. The predicted molar refractivity (Wildman–Crippen MR) is 67.2 cm³/mol. The molecule has 1 aromatic heterocycles. The van der Waals surface area contributed by atoms with Gasteiger partial charge in [0.2, 0.25) is 0 Å². The largest absolute Gasteiger partial charge is 0.365 e. The lowest BCUT2D eigenvalue weighted by Gasteiger charge is -2.06. The molecule has 0 bridgehead atoms. The normalized spacial score (nSPS) is 18.4. The molecule has 4 nitrogen and oxygen atoms in total.